The molecule has 2 aromatic rings. The van der Waals surface area contributed by atoms with Crippen LogP contribution in [0.3, 0.4) is 0 Å². The van der Waals surface area contributed by atoms with Gasteiger partial charge in [-0.25, -0.2) is 4.79 Å². The van der Waals surface area contributed by atoms with Crippen LogP contribution in [0.5, 0.6) is 5.75 Å². The summed E-state index contributed by atoms with van der Waals surface area (Å²) in [6.07, 6.45) is 4.66. The van der Waals surface area contributed by atoms with Gasteiger partial charge in [-0.3, -0.25) is 19.4 Å². The summed E-state index contributed by atoms with van der Waals surface area (Å²) in [6, 6.07) is 14.2. The maximum absolute atomic E-state index is 12.2. The number of methoxy groups -OCH3 is 1. The number of hydrogen-bond donors (Lipinski definition) is 1. The minimum atomic E-state index is -0.678. The van der Waals surface area contributed by atoms with E-state index in [1.807, 2.05) is 12.1 Å². The predicted molar refractivity (Wildman–Crippen MR) is 154 cm³/mol. The van der Waals surface area contributed by atoms with E-state index < -0.39 is 5.97 Å². The second-order valence-corrected chi connectivity index (χ2v) is 11.6. The van der Waals surface area contributed by atoms with Crippen molar-refractivity contribution in [1.82, 2.24) is 14.7 Å². The topological polar surface area (TPSA) is 90.4 Å². The van der Waals surface area contributed by atoms with Crippen molar-refractivity contribution in [2.24, 2.45) is 11.8 Å². The number of aliphatic carboxylic acids is 1. The van der Waals surface area contributed by atoms with Crippen LogP contribution < -0.4 is 4.74 Å². The molecule has 2 aliphatic rings. The molecule has 1 saturated carbocycles. The van der Waals surface area contributed by atoms with E-state index in [1.165, 1.54) is 15.4 Å². The van der Waals surface area contributed by atoms with E-state index >= 15 is 0 Å². The van der Waals surface area contributed by atoms with Gasteiger partial charge in [0.25, 0.3) is 0 Å². The lowest BCUT2D eigenvalue weighted by Crippen LogP contribution is -2.34. The van der Waals surface area contributed by atoms with Gasteiger partial charge in [0.1, 0.15) is 12.3 Å². The first-order valence-electron chi connectivity index (χ1n) is 14.1. The zero-order chi connectivity index (χ0) is 28.8. The molecule has 3 amide bonds. The molecule has 40 heavy (non-hydrogen) atoms. The molecule has 2 fully saturated rings. The van der Waals surface area contributed by atoms with Gasteiger partial charge in [-0.2, -0.15) is 0 Å². The number of carbonyl (C=O) groups is 3. The summed E-state index contributed by atoms with van der Waals surface area (Å²) in [5, 5.41) is 10.1. The smallest absolute Gasteiger partial charge is 0.326 e. The molecule has 0 unspecified atom stereocenters. The summed E-state index contributed by atoms with van der Waals surface area (Å²) < 4.78 is 5.75. The highest BCUT2D eigenvalue weighted by Crippen LogP contribution is 2.33. The Morgan fingerprint density at radius 3 is 2.42 bits per heavy atom. The van der Waals surface area contributed by atoms with Crippen molar-refractivity contribution in [3.63, 3.8) is 0 Å². The van der Waals surface area contributed by atoms with Gasteiger partial charge >= 0.3 is 12.0 Å². The fourth-order valence-corrected chi connectivity index (χ4v) is 6.01. The molecule has 1 atom stereocenters. The van der Waals surface area contributed by atoms with Crippen LogP contribution in [0.2, 0.25) is 5.02 Å². The Balaban J connectivity index is 1.44. The SMILES string of the molecule is COc1cc(CN(C[C@H]2CC[C@H](C(=O)O)CC2)[C@@H](C)c2ccc(Cl)cc2)ccc1CCCN1C(=O)CN(C)C1=O. The Hall–Kier alpha value is -3.10. The Bertz CT molecular complexity index is 1200. The molecule has 0 aromatic heterocycles. The van der Waals surface area contributed by atoms with Crippen LogP contribution in [0.25, 0.3) is 0 Å². The van der Waals surface area contributed by atoms with Crippen LogP contribution in [0, 0.1) is 11.8 Å². The number of amides is 3. The molecule has 1 heterocycles. The number of aryl methyl sites for hydroxylation is 1. The summed E-state index contributed by atoms with van der Waals surface area (Å²) >= 11 is 6.15. The summed E-state index contributed by atoms with van der Waals surface area (Å²) in [5.41, 5.74) is 3.36. The molecule has 1 saturated heterocycles. The number of carbonyl (C=O) groups excluding carboxylic acids is 2. The van der Waals surface area contributed by atoms with E-state index in [1.54, 1.807) is 14.2 Å². The average Bonchev–Trinajstić information content (AvgIpc) is 3.19. The number of carboxylic acid groups (broad SMARTS) is 1. The van der Waals surface area contributed by atoms with Crippen LogP contribution in [-0.2, 0) is 22.6 Å². The first-order chi connectivity index (χ1) is 19.2. The molecule has 9 heteroatoms. The number of urea groups is 1. The zero-order valence-corrected chi connectivity index (χ0v) is 24.4. The van der Waals surface area contributed by atoms with Gasteiger partial charge in [-0.05, 0) is 86.3 Å². The predicted octanol–water partition coefficient (Wildman–Crippen LogP) is 5.63. The number of rotatable bonds is 12. The third kappa shape index (κ3) is 7.34. The van der Waals surface area contributed by atoms with Crippen molar-refractivity contribution in [2.75, 3.05) is 33.8 Å². The maximum Gasteiger partial charge on any atom is 0.326 e. The Kier molecular flexibility index (Phi) is 10.1. The number of carboxylic acids is 1. The van der Waals surface area contributed by atoms with Gasteiger partial charge in [0.15, 0.2) is 0 Å². The molecule has 1 aliphatic carbocycles. The average molecular weight is 570 g/mol. The standard InChI is InChI=1S/C31H40ClN3O5/c1-21(24-12-14-27(32)15-13-24)34(18-22-6-10-26(11-7-22)30(37)38)19-23-8-9-25(28(17-23)40-3)5-4-16-35-29(36)20-33(2)31(35)39/h8-9,12-15,17,21-22,26H,4-7,10-11,16,18-20H2,1-3H3,(H,37,38)/t21-,22-,26-/m0/s1. The molecule has 1 aliphatic heterocycles. The van der Waals surface area contributed by atoms with Crippen LogP contribution >= 0.6 is 11.6 Å². The second kappa shape index (κ2) is 13.5. The summed E-state index contributed by atoms with van der Waals surface area (Å²) in [7, 11) is 3.31. The van der Waals surface area contributed by atoms with Crippen molar-refractivity contribution >= 4 is 29.5 Å². The molecular weight excluding hydrogens is 530 g/mol. The van der Waals surface area contributed by atoms with Gasteiger partial charge in [0.2, 0.25) is 5.91 Å². The monoisotopic (exact) mass is 569 g/mol. The van der Waals surface area contributed by atoms with E-state index in [0.29, 0.717) is 30.3 Å². The molecule has 8 nitrogen and oxygen atoms in total. The molecular formula is C31H40ClN3O5. The summed E-state index contributed by atoms with van der Waals surface area (Å²) in [5.74, 6) is 0.193. The number of likely N-dealkylation sites (N-methyl/N-ethyl adjacent to an activating group) is 1. The van der Waals surface area contributed by atoms with E-state index in [-0.39, 0.29) is 30.4 Å². The maximum atomic E-state index is 12.2. The Morgan fingerprint density at radius 2 is 1.82 bits per heavy atom. The van der Waals surface area contributed by atoms with Crippen LogP contribution in [0.1, 0.15) is 61.8 Å². The minimum absolute atomic E-state index is 0.142. The Labute approximate surface area is 241 Å². The largest absolute Gasteiger partial charge is 0.496 e. The highest BCUT2D eigenvalue weighted by atomic mass is 35.5. The Morgan fingerprint density at radius 1 is 1.12 bits per heavy atom. The number of hydrogen-bond acceptors (Lipinski definition) is 5. The van der Waals surface area contributed by atoms with Crippen molar-refractivity contribution in [2.45, 2.75) is 58.0 Å². The van der Waals surface area contributed by atoms with Gasteiger partial charge in [0, 0.05) is 37.7 Å². The molecule has 0 radical (unpaired) electrons. The number of ether oxygens (including phenoxy) is 1. The van der Waals surface area contributed by atoms with Gasteiger partial charge in [-0.1, -0.05) is 35.9 Å². The number of benzene rings is 2. The normalized spacial score (nSPS) is 20.3. The summed E-state index contributed by atoms with van der Waals surface area (Å²) in [4.78, 5) is 40.9. The van der Waals surface area contributed by atoms with E-state index in [4.69, 9.17) is 16.3 Å². The highest BCUT2D eigenvalue weighted by Gasteiger charge is 2.33. The van der Waals surface area contributed by atoms with Crippen molar-refractivity contribution in [3.8, 4) is 5.75 Å². The quantitative estimate of drug-likeness (QED) is 0.333. The lowest BCUT2D eigenvalue weighted by atomic mass is 9.81. The molecule has 2 aromatic carbocycles. The van der Waals surface area contributed by atoms with Crippen LogP contribution in [0.15, 0.2) is 42.5 Å². The number of imide groups is 1. The fraction of sp³-hybridized carbons (Fsp3) is 0.516. The van der Waals surface area contributed by atoms with Crippen LogP contribution in [0.4, 0.5) is 4.79 Å². The van der Waals surface area contributed by atoms with Crippen LogP contribution in [-0.4, -0.2) is 71.5 Å². The molecule has 0 spiro atoms. The fourth-order valence-electron chi connectivity index (χ4n) is 5.88. The first-order valence-corrected chi connectivity index (χ1v) is 14.5. The molecule has 216 valence electrons. The van der Waals surface area contributed by atoms with Gasteiger partial charge in [0.05, 0.1) is 13.0 Å². The van der Waals surface area contributed by atoms with E-state index in [0.717, 1.165) is 55.6 Å². The van der Waals surface area contributed by atoms with E-state index in [9.17, 15) is 19.5 Å². The summed E-state index contributed by atoms with van der Waals surface area (Å²) in [6.45, 7) is 4.34. The van der Waals surface area contributed by atoms with E-state index in [2.05, 4.69) is 42.2 Å². The zero-order valence-electron chi connectivity index (χ0n) is 23.6. The minimum Gasteiger partial charge on any atom is -0.496 e. The van der Waals surface area contributed by atoms with Crippen molar-refractivity contribution in [1.29, 1.82) is 0 Å². The van der Waals surface area contributed by atoms with Crippen molar-refractivity contribution in [3.05, 3.63) is 64.2 Å². The lowest BCUT2D eigenvalue weighted by molar-refractivity contribution is -0.143. The number of halogens is 1. The third-order valence-corrected chi connectivity index (χ3v) is 8.64. The number of nitrogens with zero attached hydrogens (tertiary/aromatic N) is 3. The third-order valence-electron chi connectivity index (χ3n) is 8.38. The van der Waals surface area contributed by atoms with Crippen molar-refractivity contribution < 1.29 is 24.2 Å². The van der Waals surface area contributed by atoms with Gasteiger partial charge in [-0.15, -0.1) is 0 Å². The first kappa shape index (κ1) is 29.9. The molecule has 4 rings (SSSR count). The molecule has 0 bridgehead atoms. The highest BCUT2D eigenvalue weighted by molar-refractivity contribution is 6.30. The lowest BCUT2D eigenvalue weighted by Gasteiger charge is -2.35. The molecule has 1 N–H and O–H groups in total. The second-order valence-electron chi connectivity index (χ2n) is 11.1. The van der Waals surface area contributed by atoms with Gasteiger partial charge < -0.3 is 14.7 Å².